The average molecular weight is 226 g/mol. The van der Waals surface area contributed by atoms with E-state index in [1.165, 1.54) is 19.3 Å². The van der Waals surface area contributed by atoms with E-state index in [1.807, 2.05) is 0 Å². The van der Waals surface area contributed by atoms with Gasteiger partial charge in [-0.3, -0.25) is 0 Å². The van der Waals surface area contributed by atoms with E-state index in [0.717, 1.165) is 12.4 Å². The minimum Gasteiger partial charge on any atom is -0.396 e. The second-order valence-corrected chi connectivity index (χ2v) is 4.54. The van der Waals surface area contributed by atoms with Crippen LogP contribution >= 0.6 is 11.6 Å². The molecule has 82 valence electrons. The van der Waals surface area contributed by atoms with Gasteiger partial charge in [0.2, 0.25) is 0 Å². The zero-order chi connectivity index (χ0) is 10.8. The smallest absolute Gasteiger partial charge is 0.152 e. The number of pyridine rings is 1. The van der Waals surface area contributed by atoms with Gasteiger partial charge in [0.1, 0.15) is 0 Å². The van der Waals surface area contributed by atoms with Gasteiger partial charge in [-0.2, -0.15) is 0 Å². The van der Waals surface area contributed by atoms with Gasteiger partial charge in [-0.15, -0.1) is 0 Å². The SMILES string of the molecule is CC1CCCCN1c1ncc(Cl)cc1N. The fraction of sp³-hybridized carbons (Fsp3) is 0.545. The molecule has 1 aliphatic heterocycles. The summed E-state index contributed by atoms with van der Waals surface area (Å²) < 4.78 is 0. The first-order chi connectivity index (χ1) is 7.18. The Morgan fingerprint density at radius 1 is 1.53 bits per heavy atom. The molecule has 4 heteroatoms. The molecule has 0 amide bonds. The third-order valence-corrected chi connectivity index (χ3v) is 3.14. The lowest BCUT2D eigenvalue weighted by Gasteiger charge is -2.35. The van der Waals surface area contributed by atoms with Crippen molar-refractivity contribution in [2.45, 2.75) is 32.2 Å². The summed E-state index contributed by atoms with van der Waals surface area (Å²) >= 11 is 5.83. The zero-order valence-electron chi connectivity index (χ0n) is 8.91. The fourth-order valence-corrected chi connectivity index (χ4v) is 2.27. The normalized spacial score (nSPS) is 21.7. The first-order valence-corrected chi connectivity index (χ1v) is 5.74. The van der Waals surface area contributed by atoms with Crippen molar-refractivity contribution in [2.24, 2.45) is 0 Å². The number of halogens is 1. The van der Waals surface area contributed by atoms with Crippen molar-refractivity contribution in [1.82, 2.24) is 4.98 Å². The lowest BCUT2D eigenvalue weighted by molar-refractivity contribution is 0.482. The van der Waals surface area contributed by atoms with Crippen LogP contribution in [-0.2, 0) is 0 Å². The first-order valence-electron chi connectivity index (χ1n) is 5.36. The maximum Gasteiger partial charge on any atom is 0.152 e. The van der Waals surface area contributed by atoms with Crippen molar-refractivity contribution in [3.63, 3.8) is 0 Å². The van der Waals surface area contributed by atoms with Crippen LogP contribution in [0.1, 0.15) is 26.2 Å². The number of nitrogens with zero attached hydrogens (tertiary/aromatic N) is 2. The van der Waals surface area contributed by atoms with Gasteiger partial charge in [-0.1, -0.05) is 11.6 Å². The highest BCUT2D eigenvalue weighted by molar-refractivity contribution is 6.30. The molecule has 1 aromatic rings. The van der Waals surface area contributed by atoms with E-state index >= 15 is 0 Å². The van der Waals surface area contributed by atoms with Gasteiger partial charge in [0, 0.05) is 18.8 Å². The molecule has 0 aromatic carbocycles. The monoisotopic (exact) mass is 225 g/mol. The molecule has 2 N–H and O–H groups in total. The van der Waals surface area contributed by atoms with Gasteiger partial charge in [-0.05, 0) is 32.3 Å². The number of rotatable bonds is 1. The quantitative estimate of drug-likeness (QED) is 0.799. The maximum atomic E-state index is 5.93. The largest absolute Gasteiger partial charge is 0.396 e. The van der Waals surface area contributed by atoms with Crippen LogP contribution in [-0.4, -0.2) is 17.6 Å². The summed E-state index contributed by atoms with van der Waals surface area (Å²) in [7, 11) is 0. The molecule has 2 rings (SSSR count). The molecule has 0 aliphatic carbocycles. The number of hydrogen-bond donors (Lipinski definition) is 1. The van der Waals surface area contributed by atoms with Crippen LogP contribution in [0.4, 0.5) is 11.5 Å². The number of nitrogen functional groups attached to an aromatic ring is 1. The summed E-state index contributed by atoms with van der Waals surface area (Å²) in [6.07, 6.45) is 5.39. The van der Waals surface area contributed by atoms with E-state index < -0.39 is 0 Å². The van der Waals surface area contributed by atoms with Gasteiger partial charge < -0.3 is 10.6 Å². The second-order valence-electron chi connectivity index (χ2n) is 4.10. The van der Waals surface area contributed by atoms with E-state index in [9.17, 15) is 0 Å². The average Bonchev–Trinajstić information content (AvgIpc) is 2.20. The van der Waals surface area contributed by atoms with E-state index in [-0.39, 0.29) is 0 Å². The number of hydrogen-bond acceptors (Lipinski definition) is 3. The number of aromatic nitrogens is 1. The van der Waals surface area contributed by atoms with Gasteiger partial charge in [0.05, 0.1) is 10.7 Å². The van der Waals surface area contributed by atoms with Crippen LogP contribution in [0.15, 0.2) is 12.3 Å². The zero-order valence-corrected chi connectivity index (χ0v) is 9.67. The molecule has 3 nitrogen and oxygen atoms in total. The Kier molecular flexibility index (Phi) is 3.00. The Hall–Kier alpha value is -0.960. The minimum absolute atomic E-state index is 0.523. The van der Waals surface area contributed by atoms with E-state index in [4.69, 9.17) is 17.3 Å². The molecule has 1 fully saturated rings. The number of piperidine rings is 1. The third kappa shape index (κ3) is 2.17. The van der Waals surface area contributed by atoms with E-state index in [2.05, 4.69) is 16.8 Å². The second kappa shape index (κ2) is 4.27. The maximum absolute atomic E-state index is 5.93. The van der Waals surface area contributed by atoms with Crippen molar-refractivity contribution < 1.29 is 0 Å². The standard InChI is InChI=1S/C11H16ClN3/c1-8-4-2-3-5-15(8)11-10(13)6-9(12)7-14-11/h6-8H,2-5,13H2,1H3. The summed E-state index contributed by atoms with van der Waals surface area (Å²) in [6.45, 7) is 3.26. The molecule has 1 aromatic heterocycles. The Morgan fingerprint density at radius 2 is 2.33 bits per heavy atom. The summed E-state index contributed by atoms with van der Waals surface area (Å²) in [5, 5.41) is 0.598. The molecular weight excluding hydrogens is 210 g/mol. The molecule has 0 bridgehead atoms. The summed E-state index contributed by atoms with van der Waals surface area (Å²) in [6, 6.07) is 2.29. The Bertz CT molecular complexity index is 354. The van der Waals surface area contributed by atoms with E-state index in [0.29, 0.717) is 16.8 Å². The van der Waals surface area contributed by atoms with Crippen LogP contribution < -0.4 is 10.6 Å². The van der Waals surface area contributed by atoms with Gasteiger partial charge in [0.15, 0.2) is 5.82 Å². The summed E-state index contributed by atoms with van der Waals surface area (Å²) in [5.41, 5.74) is 6.60. The topological polar surface area (TPSA) is 42.2 Å². The number of nitrogens with two attached hydrogens (primary N) is 1. The number of anilines is 2. The fourth-order valence-electron chi connectivity index (χ4n) is 2.10. The Morgan fingerprint density at radius 3 is 3.00 bits per heavy atom. The molecular formula is C11H16ClN3. The van der Waals surface area contributed by atoms with Gasteiger partial charge in [0.25, 0.3) is 0 Å². The summed E-state index contributed by atoms with van der Waals surface area (Å²) in [4.78, 5) is 6.59. The van der Waals surface area contributed by atoms with Crippen LogP contribution in [0, 0.1) is 0 Å². The lowest BCUT2D eigenvalue weighted by Crippen LogP contribution is -2.38. The van der Waals surface area contributed by atoms with Crippen LogP contribution in [0.5, 0.6) is 0 Å². The van der Waals surface area contributed by atoms with Crippen molar-refractivity contribution in [3.05, 3.63) is 17.3 Å². The van der Waals surface area contributed by atoms with Crippen LogP contribution in [0.2, 0.25) is 5.02 Å². The third-order valence-electron chi connectivity index (χ3n) is 2.94. The van der Waals surface area contributed by atoms with Crippen LogP contribution in [0.25, 0.3) is 0 Å². The highest BCUT2D eigenvalue weighted by Gasteiger charge is 2.21. The molecule has 15 heavy (non-hydrogen) atoms. The molecule has 1 aliphatic rings. The molecule has 0 spiro atoms. The molecule has 0 radical (unpaired) electrons. The van der Waals surface area contributed by atoms with E-state index in [1.54, 1.807) is 12.3 Å². The highest BCUT2D eigenvalue weighted by Crippen LogP contribution is 2.28. The lowest BCUT2D eigenvalue weighted by atomic mass is 10.0. The van der Waals surface area contributed by atoms with Crippen molar-refractivity contribution in [2.75, 3.05) is 17.2 Å². The van der Waals surface area contributed by atoms with Gasteiger partial charge >= 0.3 is 0 Å². The van der Waals surface area contributed by atoms with Crippen molar-refractivity contribution in [1.29, 1.82) is 0 Å². The van der Waals surface area contributed by atoms with Crippen molar-refractivity contribution in [3.8, 4) is 0 Å². The molecule has 0 saturated carbocycles. The minimum atomic E-state index is 0.523. The Balaban J connectivity index is 2.27. The molecule has 1 saturated heterocycles. The molecule has 1 atom stereocenters. The highest BCUT2D eigenvalue weighted by atomic mass is 35.5. The summed E-state index contributed by atoms with van der Waals surface area (Å²) in [5.74, 6) is 0.881. The predicted octanol–water partition coefficient (Wildman–Crippen LogP) is 2.70. The predicted molar refractivity (Wildman–Crippen MR) is 64.3 cm³/mol. The molecule has 2 heterocycles. The van der Waals surface area contributed by atoms with Crippen molar-refractivity contribution >= 4 is 23.1 Å². The first kappa shape index (κ1) is 10.6. The molecule has 1 unspecified atom stereocenters. The van der Waals surface area contributed by atoms with Gasteiger partial charge in [-0.25, -0.2) is 4.98 Å². The van der Waals surface area contributed by atoms with Crippen LogP contribution in [0.3, 0.4) is 0 Å². The Labute approximate surface area is 95.2 Å².